The van der Waals surface area contributed by atoms with Gasteiger partial charge in [-0.2, -0.15) is 0 Å². The number of rotatable bonds is 4. The van der Waals surface area contributed by atoms with Gasteiger partial charge in [0.25, 0.3) is 0 Å². The van der Waals surface area contributed by atoms with E-state index in [1.54, 1.807) is 4.90 Å². The maximum atomic E-state index is 12.0. The van der Waals surface area contributed by atoms with Crippen LogP contribution in [0.2, 0.25) is 0 Å². The number of anilines is 1. The van der Waals surface area contributed by atoms with Gasteiger partial charge in [0, 0.05) is 31.7 Å². The quantitative estimate of drug-likeness (QED) is 0.859. The average molecular weight is 374 g/mol. The van der Waals surface area contributed by atoms with Crippen molar-refractivity contribution < 1.29 is 9.53 Å². The third kappa shape index (κ3) is 3.67. The molecule has 2 fully saturated rings. The van der Waals surface area contributed by atoms with Gasteiger partial charge in [0.15, 0.2) is 0 Å². The SMILES string of the molecule is Cc1nc(NC2CCOC2)c2c(n1)C1(CC2)CCN(CC(=O)N(C)C)CC1. The highest BCUT2D eigenvalue weighted by Crippen LogP contribution is 2.47. The fourth-order valence-corrected chi connectivity index (χ4v) is 4.67. The Balaban J connectivity index is 1.50. The number of carbonyl (C=O) groups excluding carboxylic acids is 1. The summed E-state index contributed by atoms with van der Waals surface area (Å²) in [6, 6.07) is 0.360. The van der Waals surface area contributed by atoms with Crippen LogP contribution in [0.1, 0.15) is 42.8 Å². The topological polar surface area (TPSA) is 70.6 Å². The van der Waals surface area contributed by atoms with Crippen molar-refractivity contribution in [2.75, 3.05) is 52.3 Å². The number of piperidine rings is 1. The van der Waals surface area contributed by atoms with Crippen LogP contribution >= 0.6 is 0 Å². The summed E-state index contributed by atoms with van der Waals surface area (Å²) in [5.74, 6) is 2.05. The van der Waals surface area contributed by atoms with Crippen molar-refractivity contribution in [1.29, 1.82) is 0 Å². The predicted octanol–water partition coefficient (Wildman–Crippen LogP) is 1.35. The van der Waals surface area contributed by atoms with Gasteiger partial charge >= 0.3 is 0 Å². The average Bonchev–Trinajstić information content (AvgIpc) is 3.26. The third-order valence-electron chi connectivity index (χ3n) is 6.42. The number of nitrogens with zero attached hydrogens (tertiary/aromatic N) is 4. The van der Waals surface area contributed by atoms with Crippen molar-refractivity contribution in [3.05, 3.63) is 17.1 Å². The molecule has 2 aliphatic heterocycles. The highest BCUT2D eigenvalue weighted by Gasteiger charge is 2.44. The fourth-order valence-electron chi connectivity index (χ4n) is 4.67. The summed E-state index contributed by atoms with van der Waals surface area (Å²) in [7, 11) is 3.65. The predicted molar refractivity (Wildman–Crippen MR) is 104 cm³/mol. The molecular weight excluding hydrogens is 342 g/mol. The van der Waals surface area contributed by atoms with E-state index in [-0.39, 0.29) is 11.3 Å². The second kappa shape index (κ2) is 7.36. The summed E-state index contributed by atoms with van der Waals surface area (Å²) in [6.45, 7) is 6.02. The van der Waals surface area contributed by atoms with Crippen molar-refractivity contribution in [2.45, 2.75) is 50.5 Å². The molecule has 0 bridgehead atoms. The minimum atomic E-state index is 0.156. The van der Waals surface area contributed by atoms with E-state index in [0.717, 1.165) is 70.0 Å². The molecule has 2 saturated heterocycles. The van der Waals surface area contributed by atoms with Gasteiger partial charge in [0.1, 0.15) is 11.6 Å². The van der Waals surface area contributed by atoms with Crippen molar-refractivity contribution in [1.82, 2.24) is 19.8 Å². The number of aryl methyl sites for hydroxylation is 1. The van der Waals surface area contributed by atoms with Crippen LogP contribution < -0.4 is 5.32 Å². The number of likely N-dealkylation sites (N-methyl/N-ethyl adjacent to an activating group) is 1. The van der Waals surface area contributed by atoms with Crippen LogP contribution in [-0.4, -0.2) is 78.7 Å². The number of ether oxygens (including phenoxy) is 1. The second-order valence-electron chi connectivity index (χ2n) is 8.50. The van der Waals surface area contributed by atoms with E-state index in [2.05, 4.69) is 10.2 Å². The maximum absolute atomic E-state index is 12.0. The molecule has 1 N–H and O–H groups in total. The lowest BCUT2D eigenvalue weighted by Crippen LogP contribution is -2.45. The van der Waals surface area contributed by atoms with Crippen LogP contribution in [0.5, 0.6) is 0 Å². The molecule has 0 radical (unpaired) electrons. The van der Waals surface area contributed by atoms with Crippen molar-refractivity contribution >= 4 is 11.7 Å². The van der Waals surface area contributed by atoms with E-state index in [9.17, 15) is 4.79 Å². The summed E-state index contributed by atoms with van der Waals surface area (Å²) in [6.07, 6.45) is 5.37. The second-order valence-corrected chi connectivity index (χ2v) is 8.50. The first-order valence-electron chi connectivity index (χ1n) is 10.1. The van der Waals surface area contributed by atoms with Crippen molar-refractivity contribution in [3.8, 4) is 0 Å². The Bertz CT molecular complexity index is 707. The number of aromatic nitrogens is 2. The molecule has 3 aliphatic rings. The Morgan fingerprint density at radius 3 is 2.74 bits per heavy atom. The molecule has 1 unspecified atom stereocenters. The van der Waals surface area contributed by atoms with E-state index in [4.69, 9.17) is 14.7 Å². The van der Waals surface area contributed by atoms with Crippen LogP contribution in [-0.2, 0) is 21.4 Å². The van der Waals surface area contributed by atoms with Gasteiger partial charge in [-0.3, -0.25) is 9.69 Å². The van der Waals surface area contributed by atoms with Crippen molar-refractivity contribution in [3.63, 3.8) is 0 Å². The third-order valence-corrected chi connectivity index (χ3v) is 6.42. The van der Waals surface area contributed by atoms with Crippen LogP contribution in [0.15, 0.2) is 0 Å². The molecule has 1 aromatic heterocycles. The number of fused-ring (bicyclic) bond motifs is 2. The minimum absolute atomic E-state index is 0.156. The van der Waals surface area contributed by atoms with Crippen LogP contribution in [0, 0.1) is 6.92 Å². The van der Waals surface area contributed by atoms with Crippen molar-refractivity contribution in [2.24, 2.45) is 0 Å². The van der Waals surface area contributed by atoms with E-state index in [1.807, 2.05) is 21.0 Å². The van der Waals surface area contributed by atoms with E-state index in [1.165, 1.54) is 11.3 Å². The number of carbonyl (C=O) groups is 1. The Morgan fingerprint density at radius 2 is 2.07 bits per heavy atom. The standard InChI is InChI=1S/C20H31N5O2/c1-14-21-18-16(19(22-14)23-15-5-11-27-13-15)4-6-20(18)7-9-25(10-8-20)12-17(26)24(2)3/h15H,4-13H2,1-3H3,(H,21,22,23). The highest BCUT2D eigenvalue weighted by atomic mass is 16.5. The number of hydrogen-bond donors (Lipinski definition) is 1. The minimum Gasteiger partial charge on any atom is -0.379 e. The molecule has 1 atom stereocenters. The number of likely N-dealkylation sites (tertiary alicyclic amines) is 1. The number of hydrogen-bond acceptors (Lipinski definition) is 6. The lowest BCUT2D eigenvalue weighted by molar-refractivity contribution is -0.130. The lowest BCUT2D eigenvalue weighted by atomic mass is 9.76. The molecule has 4 rings (SSSR count). The summed E-state index contributed by atoms with van der Waals surface area (Å²) in [5, 5.41) is 3.61. The molecule has 148 valence electrons. The Morgan fingerprint density at radius 1 is 1.30 bits per heavy atom. The van der Waals surface area contributed by atoms with Gasteiger partial charge < -0.3 is 15.0 Å². The molecule has 0 aromatic carbocycles. The smallest absolute Gasteiger partial charge is 0.236 e. The summed E-state index contributed by atoms with van der Waals surface area (Å²) in [4.78, 5) is 25.6. The van der Waals surface area contributed by atoms with Crippen LogP contribution in [0.3, 0.4) is 0 Å². The molecule has 1 amide bonds. The molecular formula is C20H31N5O2. The molecule has 7 nitrogen and oxygen atoms in total. The lowest BCUT2D eigenvalue weighted by Gasteiger charge is -2.39. The fraction of sp³-hybridized carbons (Fsp3) is 0.750. The maximum Gasteiger partial charge on any atom is 0.236 e. The van der Waals surface area contributed by atoms with E-state index in [0.29, 0.717) is 12.6 Å². The van der Waals surface area contributed by atoms with E-state index < -0.39 is 0 Å². The zero-order valence-corrected chi connectivity index (χ0v) is 16.8. The Hall–Kier alpha value is -1.73. The summed E-state index contributed by atoms with van der Waals surface area (Å²) >= 11 is 0. The van der Waals surface area contributed by atoms with Gasteiger partial charge in [-0.15, -0.1) is 0 Å². The molecule has 27 heavy (non-hydrogen) atoms. The number of nitrogens with one attached hydrogen (secondary N) is 1. The molecule has 7 heteroatoms. The first-order chi connectivity index (χ1) is 13.0. The van der Waals surface area contributed by atoms with E-state index >= 15 is 0 Å². The van der Waals surface area contributed by atoms with Gasteiger partial charge in [-0.1, -0.05) is 0 Å². The van der Waals surface area contributed by atoms with Crippen LogP contribution in [0.25, 0.3) is 0 Å². The first-order valence-corrected chi connectivity index (χ1v) is 10.1. The zero-order chi connectivity index (χ0) is 19.0. The largest absolute Gasteiger partial charge is 0.379 e. The first kappa shape index (κ1) is 18.6. The van der Waals surface area contributed by atoms with Gasteiger partial charge in [0.2, 0.25) is 5.91 Å². The van der Waals surface area contributed by atoms with Gasteiger partial charge in [-0.05, 0) is 52.1 Å². The molecule has 1 spiro atoms. The molecule has 3 heterocycles. The summed E-state index contributed by atoms with van der Waals surface area (Å²) < 4.78 is 5.51. The summed E-state index contributed by atoms with van der Waals surface area (Å²) in [5.41, 5.74) is 2.73. The molecule has 1 aliphatic carbocycles. The number of amides is 1. The Labute approximate surface area is 161 Å². The Kier molecular flexibility index (Phi) is 5.07. The highest BCUT2D eigenvalue weighted by molar-refractivity contribution is 5.77. The monoisotopic (exact) mass is 373 g/mol. The normalized spacial score (nSPS) is 24.2. The molecule has 0 saturated carbocycles. The zero-order valence-electron chi connectivity index (χ0n) is 16.8. The molecule has 1 aromatic rings. The van der Waals surface area contributed by atoms with Crippen LogP contribution in [0.4, 0.5) is 5.82 Å². The van der Waals surface area contributed by atoms with Gasteiger partial charge in [-0.25, -0.2) is 9.97 Å². The van der Waals surface area contributed by atoms with Gasteiger partial charge in [0.05, 0.1) is 24.9 Å².